The maximum absolute atomic E-state index is 12.9. The van der Waals surface area contributed by atoms with E-state index in [1.807, 2.05) is 38.1 Å². The predicted octanol–water partition coefficient (Wildman–Crippen LogP) is 3.68. The van der Waals surface area contributed by atoms with Crippen molar-refractivity contribution in [2.75, 3.05) is 0 Å². The van der Waals surface area contributed by atoms with Gasteiger partial charge in [0.2, 0.25) is 11.8 Å². The zero-order valence-electron chi connectivity index (χ0n) is 15.0. The summed E-state index contributed by atoms with van der Waals surface area (Å²) in [5.74, 6) is 0.275. The summed E-state index contributed by atoms with van der Waals surface area (Å²) in [6.45, 7) is 3.96. The second-order valence-electron chi connectivity index (χ2n) is 7.79. The largest absolute Gasteiger partial charge is 0.354 e. The Morgan fingerprint density at radius 1 is 1.16 bits per heavy atom. The lowest BCUT2D eigenvalue weighted by Gasteiger charge is -2.31. The number of nitrogens with one attached hydrogen (secondary N) is 2. The molecule has 2 aliphatic carbocycles. The monoisotopic (exact) mass is 406 g/mol. The van der Waals surface area contributed by atoms with Crippen LogP contribution in [0.3, 0.4) is 0 Å². The van der Waals surface area contributed by atoms with Crippen LogP contribution in [0.1, 0.15) is 57.9 Å². The SMILES string of the molecule is CC(C)NC(=O)C1CCCC(NC(=O)C2(c3ccc(Br)cc3)CC2)C1. The van der Waals surface area contributed by atoms with Gasteiger partial charge in [0.1, 0.15) is 0 Å². The summed E-state index contributed by atoms with van der Waals surface area (Å²) in [4.78, 5) is 25.2. The summed E-state index contributed by atoms with van der Waals surface area (Å²) in [6, 6.07) is 8.34. The molecule has 0 aliphatic heterocycles. The fraction of sp³-hybridized carbons (Fsp3) is 0.600. The minimum absolute atomic E-state index is 0.0179. The first-order valence-electron chi connectivity index (χ1n) is 9.28. The van der Waals surface area contributed by atoms with Crippen LogP contribution in [0, 0.1) is 5.92 Å². The highest BCUT2D eigenvalue weighted by Gasteiger charge is 2.51. The van der Waals surface area contributed by atoms with E-state index in [4.69, 9.17) is 0 Å². The summed E-state index contributed by atoms with van der Waals surface area (Å²) in [6.07, 6.45) is 5.44. The van der Waals surface area contributed by atoms with Crippen molar-refractivity contribution in [3.05, 3.63) is 34.3 Å². The van der Waals surface area contributed by atoms with Crippen LogP contribution >= 0.6 is 15.9 Å². The minimum Gasteiger partial charge on any atom is -0.354 e. The van der Waals surface area contributed by atoms with Crippen LogP contribution in [0.15, 0.2) is 28.7 Å². The molecular formula is C20H27BrN2O2. The smallest absolute Gasteiger partial charge is 0.230 e. The summed E-state index contributed by atoms with van der Waals surface area (Å²) >= 11 is 3.45. The minimum atomic E-state index is -0.353. The lowest BCUT2D eigenvalue weighted by molar-refractivity contribution is -0.128. The molecule has 25 heavy (non-hydrogen) atoms. The molecule has 2 unspecified atom stereocenters. The van der Waals surface area contributed by atoms with Gasteiger partial charge in [0.15, 0.2) is 0 Å². The van der Waals surface area contributed by atoms with Crippen LogP contribution in [0.25, 0.3) is 0 Å². The predicted molar refractivity (Wildman–Crippen MR) is 102 cm³/mol. The molecule has 136 valence electrons. The molecule has 0 heterocycles. The maximum atomic E-state index is 12.9. The number of halogens is 1. The number of benzene rings is 1. The average Bonchev–Trinajstić information content (AvgIpc) is 3.37. The van der Waals surface area contributed by atoms with Gasteiger partial charge in [-0.3, -0.25) is 9.59 Å². The van der Waals surface area contributed by atoms with Crippen molar-refractivity contribution in [2.45, 2.75) is 69.9 Å². The molecule has 2 saturated carbocycles. The van der Waals surface area contributed by atoms with Crippen molar-refractivity contribution in [1.29, 1.82) is 0 Å². The molecule has 0 radical (unpaired) electrons. The number of amides is 2. The van der Waals surface area contributed by atoms with Crippen LogP contribution in [0.4, 0.5) is 0 Å². The highest BCUT2D eigenvalue weighted by Crippen LogP contribution is 2.48. The molecular weight excluding hydrogens is 380 g/mol. The lowest BCUT2D eigenvalue weighted by Crippen LogP contribution is -2.46. The summed E-state index contributed by atoms with van der Waals surface area (Å²) in [5, 5.41) is 6.25. The van der Waals surface area contributed by atoms with Crippen molar-refractivity contribution in [3.63, 3.8) is 0 Å². The van der Waals surface area contributed by atoms with Crippen molar-refractivity contribution >= 4 is 27.7 Å². The Balaban J connectivity index is 1.61. The summed E-state index contributed by atoms with van der Waals surface area (Å²) < 4.78 is 1.03. The Morgan fingerprint density at radius 3 is 2.44 bits per heavy atom. The normalized spacial score (nSPS) is 24.6. The fourth-order valence-corrected chi connectivity index (χ4v) is 4.09. The number of hydrogen-bond acceptors (Lipinski definition) is 2. The van der Waals surface area contributed by atoms with Gasteiger partial charge in [-0.1, -0.05) is 34.5 Å². The first kappa shape index (κ1) is 18.4. The molecule has 2 fully saturated rings. The molecule has 4 nitrogen and oxygen atoms in total. The van der Waals surface area contributed by atoms with E-state index in [0.29, 0.717) is 0 Å². The van der Waals surface area contributed by atoms with Gasteiger partial charge in [-0.05, 0) is 63.6 Å². The Hall–Kier alpha value is -1.36. The standard InChI is InChI=1S/C20H27BrN2O2/c1-13(2)22-18(24)14-4-3-5-17(12-14)23-19(25)20(10-11-20)15-6-8-16(21)9-7-15/h6-9,13-14,17H,3-5,10-12H2,1-2H3,(H,22,24)(H,23,25). The molecule has 2 atom stereocenters. The lowest BCUT2D eigenvalue weighted by atomic mass is 9.84. The number of hydrogen-bond donors (Lipinski definition) is 2. The van der Waals surface area contributed by atoms with Gasteiger partial charge < -0.3 is 10.6 Å². The van der Waals surface area contributed by atoms with Crippen molar-refractivity contribution < 1.29 is 9.59 Å². The number of rotatable bonds is 5. The first-order valence-corrected chi connectivity index (χ1v) is 10.1. The van der Waals surface area contributed by atoms with E-state index < -0.39 is 0 Å². The van der Waals surface area contributed by atoms with Gasteiger partial charge in [-0.15, -0.1) is 0 Å². The third-order valence-corrected chi connectivity index (χ3v) is 5.92. The molecule has 1 aromatic carbocycles. The van der Waals surface area contributed by atoms with Gasteiger partial charge >= 0.3 is 0 Å². The van der Waals surface area contributed by atoms with E-state index in [9.17, 15) is 9.59 Å². The summed E-state index contributed by atoms with van der Waals surface area (Å²) in [7, 11) is 0. The highest BCUT2D eigenvalue weighted by atomic mass is 79.9. The van der Waals surface area contributed by atoms with Crippen molar-refractivity contribution in [1.82, 2.24) is 10.6 Å². The molecule has 0 spiro atoms. The Labute approximate surface area is 158 Å². The van der Waals surface area contributed by atoms with Gasteiger partial charge in [0, 0.05) is 22.5 Å². The molecule has 0 aromatic heterocycles. The second-order valence-corrected chi connectivity index (χ2v) is 8.70. The molecule has 2 aliphatic rings. The second kappa shape index (κ2) is 7.48. The van der Waals surface area contributed by atoms with Crippen LogP contribution < -0.4 is 10.6 Å². The van der Waals surface area contributed by atoms with Crippen LogP contribution in [-0.2, 0) is 15.0 Å². The van der Waals surface area contributed by atoms with E-state index >= 15 is 0 Å². The molecule has 2 N–H and O–H groups in total. The third kappa shape index (κ3) is 4.25. The van der Waals surface area contributed by atoms with Crippen LogP contribution in [-0.4, -0.2) is 23.9 Å². The molecule has 1 aromatic rings. The van der Waals surface area contributed by atoms with Gasteiger partial charge in [-0.25, -0.2) is 0 Å². The number of carbonyl (C=O) groups is 2. The fourth-order valence-electron chi connectivity index (χ4n) is 3.83. The number of carbonyl (C=O) groups excluding carboxylic acids is 2. The van der Waals surface area contributed by atoms with E-state index in [1.165, 1.54) is 0 Å². The molecule has 0 bridgehead atoms. The quantitative estimate of drug-likeness (QED) is 0.783. The zero-order valence-corrected chi connectivity index (χ0v) is 16.6. The van der Waals surface area contributed by atoms with E-state index in [-0.39, 0.29) is 35.2 Å². The molecule has 2 amide bonds. The summed E-state index contributed by atoms with van der Waals surface area (Å²) in [5.41, 5.74) is 0.742. The van der Waals surface area contributed by atoms with Crippen LogP contribution in [0.5, 0.6) is 0 Å². The average molecular weight is 407 g/mol. The van der Waals surface area contributed by atoms with Gasteiger partial charge in [-0.2, -0.15) is 0 Å². The van der Waals surface area contributed by atoms with E-state index in [2.05, 4.69) is 26.6 Å². The van der Waals surface area contributed by atoms with Gasteiger partial charge in [0.05, 0.1) is 5.41 Å². The molecule has 5 heteroatoms. The van der Waals surface area contributed by atoms with E-state index in [1.54, 1.807) is 0 Å². The Morgan fingerprint density at radius 2 is 1.84 bits per heavy atom. The Bertz CT molecular complexity index is 638. The topological polar surface area (TPSA) is 58.2 Å². The molecule has 3 rings (SSSR count). The van der Waals surface area contributed by atoms with Crippen molar-refractivity contribution in [2.24, 2.45) is 5.92 Å². The first-order chi connectivity index (χ1) is 11.9. The van der Waals surface area contributed by atoms with E-state index in [0.717, 1.165) is 48.6 Å². The third-order valence-electron chi connectivity index (χ3n) is 5.39. The zero-order chi connectivity index (χ0) is 18.0. The highest BCUT2D eigenvalue weighted by molar-refractivity contribution is 9.10. The molecule has 0 saturated heterocycles. The Kier molecular flexibility index (Phi) is 5.52. The van der Waals surface area contributed by atoms with Gasteiger partial charge in [0.25, 0.3) is 0 Å². The van der Waals surface area contributed by atoms with Crippen LogP contribution in [0.2, 0.25) is 0 Å². The van der Waals surface area contributed by atoms with Crippen molar-refractivity contribution in [3.8, 4) is 0 Å². The maximum Gasteiger partial charge on any atom is 0.230 e.